The van der Waals surface area contributed by atoms with Gasteiger partial charge in [0.05, 0.1) is 6.42 Å². The second kappa shape index (κ2) is 4.80. The van der Waals surface area contributed by atoms with E-state index in [9.17, 15) is 26.3 Å². The smallest absolute Gasteiger partial charge is 0.368 e. The number of halogens is 6. The van der Waals surface area contributed by atoms with E-state index in [1.807, 2.05) is 0 Å². The third kappa shape index (κ3) is 3.27. The van der Waals surface area contributed by atoms with Gasteiger partial charge in [0.15, 0.2) is 5.65 Å². The summed E-state index contributed by atoms with van der Waals surface area (Å²) in [6, 6.07) is 2.39. The fourth-order valence-electron chi connectivity index (χ4n) is 1.39. The van der Waals surface area contributed by atoms with Gasteiger partial charge in [-0.05, 0) is 12.1 Å². The van der Waals surface area contributed by atoms with Crippen molar-refractivity contribution in [1.82, 2.24) is 19.8 Å². The minimum Gasteiger partial charge on any atom is -0.368 e. The molecule has 0 aliphatic carbocycles. The molecule has 0 radical (unpaired) electrons. The zero-order valence-electron chi connectivity index (χ0n) is 9.63. The lowest BCUT2D eigenvalue weighted by Crippen LogP contribution is -2.16. The third-order valence-electron chi connectivity index (χ3n) is 2.23. The van der Waals surface area contributed by atoms with E-state index >= 15 is 0 Å². The van der Waals surface area contributed by atoms with E-state index < -0.39 is 31.1 Å². The number of hydrogen-bond donors (Lipinski definition) is 1. The third-order valence-corrected chi connectivity index (χ3v) is 2.23. The quantitative estimate of drug-likeness (QED) is 0.885. The van der Waals surface area contributed by atoms with Crippen LogP contribution in [0.3, 0.4) is 0 Å². The van der Waals surface area contributed by atoms with Crippen LogP contribution in [0.15, 0.2) is 12.1 Å². The maximum absolute atomic E-state index is 12.6. The molecule has 20 heavy (non-hydrogen) atoms. The van der Waals surface area contributed by atoms with Gasteiger partial charge >= 0.3 is 12.4 Å². The number of anilines is 1. The standard InChI is InChI=1S/C9H7F6N5/c10-8(11,12)3-4-16-5-1-2-6-17-18-7(9(13,14)15)20(6)19-5/h1-2H,3-4H2,(H,16,19). The summed E-state index contributed by atoms with van der Waals surface area (Å²) in [6.07, 6.45) is -10.2. The molecule has 0 atom stereocenters. The monoisotopic (exact) mass is 299 g/mol. The average Bonchev–Trinajstić information content (AvgIpc) is 2.69. The molecule has 5 nitrogen and oxygen atoms in total. The fraction of sp³-hybridized carbons (Fsp3) is 0.444. The van der Waals surface area contributed by atoms with Gasteiger partial charge in [0.25, 0.3) is 5.82 Å². The number of rotatable bonds is 3. The molecule has 0 fully saturated rings. The molecule has 0 amide bonds. The summed E-state index contributed by atoms with van der Waals surface area (Å²) in [7, 11) is 0. The van der Waals surface area contributed by atoms with Crippen LogP contribution in [-0.4, -0.2) is 32.5 Å². The Bertz CT molecular complexity index is 601. The summed E-state index contributed by atoms with van der Waals surface area (Å²) in [6.45, 7) is -0.495. The molecule has 2 rings (SSSR count). The van der Waals surface area contributed by atoms with Crippen molar-refractivity contribution < 1.29 is 26.3 Å². The highest BCUT2D eigenvalue weighted by Crippen LogP contribution is 2.27. The Hall–Kier alpha value is -2.07. The molecule has 0 aliphatic heterocycles. The van der Waals surface area contributed by atoms with Gasteiger partial charge < -0.3 is 5.32 Å². The molecule has 0 saturated heterocycles. The van der Waals surface area contributed by atoms with Crippen molar-refractivity contribution in [3.05, 3.63) is 18.0 Å². The Morgan fingerprint density at radius 1 is 1.05 bits per heavy atom. The van der Waals surface area contributed by atoms with Crippen molar-refractivity contribution in [2.75, 3.05) is 11.9 Å². The SMILES string of the molecule is FC(F)(F)CCNc1ccc2nnc(C(F)(F)F)n2n1. The normalized spacial score (nSPS) is 12.9. The molecule has 0 spiro atoms. The zero-order chi connectivity index (χ0) is 15.0. The van der Waals surface area contributed by atoms with Crippen LogP contribution in [0.5, 0.6) is 0 Å². The molecule has 2 heterocycles. The van der Waals surface area contributed by atoms with Crippen molar-refractivity contribution in [2.24, 2.45) is 0 Å². The first kappa shape index (κ1) is 14.3. The Morgan fingerprint density at radius 3 is 2.35 bits per heavy atom. The van der Waals surface area contributed by atoms with Crippen LogP contribution in [-0.2, 0) is 6.18 Å². The first-order valence-electron chi connectivity index (χ1n) is 5.27. The Kier molecular flexibility index (Phi) is 3.44. The van der Waals surface area contributed by atoms with Crippen LogP contribution in [0.1, 0.15) is 12.2 Å². The lowest BCUT2D eigenvalue weighted by Gasteiger charge is -2.09. The Balaban J connectivity index is 2.20. The number of aromatic nitrogens is 4. The molecule has 0 bridgehead atoms. The highest BCUT2D eigenvalue weighted by Gasteiger charge is 2.37. The average molecular weight is 299 g/mol. The van der Waals surface area contributed by atoms with Crippen LogP contribution in [0, 0.1) is 0 Å². The van der Waals surface area contributed by atoms with Gasteiger partial charge in [-0.3, -0.25) is 0 Å². The lowest BCUT2D eigenvalue weighted by atomic mass is 10.4. The predicted octanol–water partition coefficient (Wildman–Crippen LogP) is 2.51. The first-order valence-corrected chi connectivity index (χ1v) is 5.27. The van der Waals surface area contributed by atoms with Gasteiger partial charge in [0.2, 0.25) is 0 Å². The first-order chi connectivity index (χ1) is 9.17. The largest absolute Gasteiger partial charge is 0.453 e. The summed E-state index contributed by atoms with van der Waals surface area (Å²) in [5, 5.41) is 12.0. The minimum atomic E-state index is -4.75. The molecular weight excluding hydrogens is 292 g/mol. The van der Waals surface area contributed by atoms with Crippen LogP contribution in [0.25, 0.3) is 5.65 Å². The van der Waals surface area contributed by atoms with Crippen molar-refractivity contribution in [1.29, 1.82) is 0 Å². The maximum Gasteiger partial charge on any atom is 0.453 e. The van der Waals surface area contributed by atoms with Gasteiger partial charge in [-0.25, -0.2) is 0 Å². The van der Waals surface area contributed by atoms with Gasteiger partial charge in [-0.2, -0.15) is 30.9 Å². The van der Waals surface area contributed by atoms with Crippen molar-refractivity contribution in [2.45, 2.75) is 18.8 Å². The number of nitrogens with one attached hydrogen (secondary N) is 1. The number of alkyl halides is 6. The number of fused-ring (bicyclic) bond motifs is 1. The molecule has 2 aromatic heterocycles. The fourth-order valence-corrected chi connectivity index (χ4v) is 1.39. The molecule has 2 aromatic rings. The molecule has 0 saturated carbocycles. The molecule has 1 N–H and O–H groups in total. The lowest BCUT2D eigenvalue weighted by molar-refractivity contribution is -0.146. The van der Waals surface area contributed by atoms with Crippen LogP contribution < -0.4 is 5.32 Å². The maximum atomic E-state index is 12.6. The number of hydrogen-bond acceptors (Lipinski definition) is 4. The van der Waals surface area contributed by atoms with E-state index in [1.165, 1.54) is 12.1 Å². The second-order valence-corrected chi connectivity index (χ2v) is 3.80. The van der Waals surface area contributed by atoms with E-state index in [0.717, 1.165) is 0 Å². The topological polar surface area (TPSA) is 55.1 Å². The summed E-state index contributed by atoms with van der Waals surface area (Å²) in [5.41, 5.74) is -0.154. The highest BCUT2D eigenvalue weighted by molar-refractivity contribution is 5.44. The highest BCUT2D eigenvalue weighted by atomic mass is 19.4. The molecule has 11 heteroatoms. The molecule has 0 aromatic carbocycles. The van der Waals surface area contributed by atoms with Crippen LogP contribution >= 0.6 is 0 Å². The molecule has 0 unspecified atom stereocenters. The number of nitrogens with zero attached hydrogens (tertiary/aromatic N) is 4. The van der Waals surface area contributed by atoms with E-state index in [1.54, 1.807) is 0 Å². The summed E-state index contributed by atoms with van der Waals surface area (Å²) in [5.74, 6) is -1.47. The van der Waals surface area contributed by atoms with Gasteiger partial charge in [-0.15, -0.1) is 15.3 Å². The summed E-state index contributed by atoms with van der Waals surface area (Å²) >= 11 is 0. The van der Waals surface area contributed by atoms with E-state index in [2.05, 4.69) is 20.6 Å². The predicted molar refractivity (Wildman–Crippen MR) is 54.9 cm³/mol. The summed E-state index contributed by atoms with van der Waals surface area (Å²) < 4.78 is 73.9. The van der Waals surface area contributed by atoms with Crippen molar-refractivity contribution >= 4 is 11.5 Å². The van der Waals surface area contributed by atoms with Gasteiger partial charge in [-0.1, -0.05) is 0 Å². The molecular formula is C9H7F6N5. The Morgan fingerprint density at radius 2 is 1.75 bits per heavy atom. The molecule has 110 valence electrons. The summed E-state index contributed by atoms with van der Waals surface area (Å²) in [4.78, 5) is 0. The zero-order valence-corrected chi connectivity index (χ0v) is 9.63. The minimum absolute atomic E-state index is 0.132. The molecule has 0 aliphatic rings. The van der Waals surface area contributed by atoms with Crippen LogP contribution in [0.2, 0.25) is 0 Å². The van der Waals surface area contributed by atoms with Gasteiger partial charge in [0, 0.05) is 6.54 Å². The van der Waals surface area contributed by atoms with E-state index in [4.69, 9.17) is 0 Å². The van der Waals surface area contributed by atoms with Gasteiger partial charge in [0.1, 0.15) is 5.82 Å². The van der Waals surface area contributed by atoms with E-state index in [0.29, 0.717) is 4.52 Å². The van der Waals surface area contributed by atoms with Crippen molar-refractivity contribution in [3.8, 4) is 0 Å². The second-order valence-electron chi connectivity index (χ2n) is 3.80. The Labute approximate surface area is 107 Å². The van der Waals surface area contributed by atoms with Crippen molar-refractivity contribution in [3.63, 3.8) is 0 Å². The van der Waals surface area contributed by atoms with Crippen LogP contribution in [0.4, 0.5) is 32.2 Å². The van der Waals surface area contributed by atoms with E-state index in [-0.39, 0.29) is 11.5 Å².